The highest BCUT2D eigenvalue weighted by Gasteiger charge is 2.10. The van der Waals surface area contributed by atoms with Gasteiger partial charge >= 0.3 is 0 Å². The Morgan fingerprint density at radius 1 is 1.16 bits per heavy atom. The van der Waals surface area contributed by atoms with Gasteiger partial charge in [0.2, 0.25) is 0 Å². The molecule has 0 atom stereocenters. The molecule has 2 rings (SSSR count). The fourth-order valence-corrected chi connectivity index (χ4v) is 2.08. The molecule has 2 amide bonds. The van der Waals surface area contributed by atoms with Gasteiger partial charge < -0.3 is 20.1 Å². The Kier molecular flexibility index (Phi) is 5.96. The SMILES string of the molecule is CNC(=O)c1cccc(NC(=O)COc2ccc(C#N)cc2OC)c1. The van der Waals surface area contributed by atoms with Crippen molar-refractivity contribution in [2.24, 2.45) is 0 Å². The molecular formula is C18H17N3O4. The Morgan fingerprint density at radius 2 is 1.96 bits per heavy atom. The molecule has 0 aromatic heterocycles. The maximum atomic E-state index is 12.0. The lowest BCUT2D eigenvalue weighted by Crippen LogP contribution is -2.21. The van der Waals surface area contributed by atoms with Gasteiger partial charge in [-0.25, -0.2) is 0 Å². The molecule has 0 saturated heterocycles. The Hall–Kier alpha value is -3.53. The van der Waals surface area contributed by atoms with Crippen LogP contribution in [0, 0.1) is 11.3 Å². The lowest BCUT2D eigenvalue weighted by Gasteiger charge is -2.11. The molecule has 25 heavy (non-hydrogen) atoms. The largest absolute Gasteiger partial charge is 0.493 e. The van der Waals surface area contributed by atoms with E-state index in [0.29, 0.717) is 28.3 Å². The third kappa shape index (κ3) is 4.72. The molecule has 0 unspecified atom stereocenters. The van der Waals surface area contributed by atoms with Gasteiger partial charge in [0.1, 0.15) is 0 Å². The minimum absolute atomic E-state index is 0.241. The van der Waals surface area contributed by atoms with Gasteiger partial charge in [0.05, 0.1) is 18.7 Å². The lowest BCUT2D eigenvalue weighted by molar-refractivity contribution is -0.118. The van der Waals surface area contributed by atoms with Crippen LogP contribution in [0.3, 0.4) is 0 Å². The molecule has 0 heterocycles. The molecule has 0 radical (unpaired) electrons. The topological polar surface area (TPSA) is 100 Å². The van der Waals surface area contributed by atoms with E-state index in [1.165, 1.54) is 20.2 Å². The summed E-state index contributed by atoms with van der Waals surface area (Å²) in [6, 6.07) is 13.2. The molecule has 0 spiro atoms. The number of carbonyl (C=O) groups is 2. The first-order valence-corrected chi connectivity index (χ1v) is 7.40. The summed E-state index contributed by atoms with van der Waals surface area (Å²) < 4.78 is 10.6. The third-order valence-corrected chi connectivity index (χ3v) is 3.29. The van der Waals surface area contributed by atoms with Crippen molar-refractivity contribution >= 4 is 17.5 Å². The number of nitriles is 1. The quantitative estimate of drug-likeness (QED) is 0.838. The van der Waals surface area contributed by atoms with Crippen molar-refractivity contribution in [1.29, 1.82) is 5.26 Å². The van der Waals surface area contributed by atoms with Gasteiger partial charge in [0, 0.05) is 24.4 Å². The predicted octanol–water partition coefficient (Wildman–Crippen LogP) is 1.94. The van der Waals surface area contributed by atoms with Gasteiger partial charge in [-0.2, -0.15) is 5.26 Å². The smallest absolute Gasteiger partial charge is 0.262 e. The second kappa shape index (κ2) is 8.36. The van der Waals surface area contributed by atoms with E-state index in [9.17, 15) is 9.59 Å². The Balaban J connectivity index is 2.00. The van der Waals surface area contributed by atoms with Gasteiger partial charge in [0.15, 0.2) is 18.1 Å². The fraction of sp³-hybridized carbons (Fsp3) is 0.167. The molecule has 2 aromatic carbocycles. The number of hydrogen-bond acceptors (Lipinski definition) is 5. The normalized spacial score (nSPS) is 9.64. The number of rotatable bonds is 6. The van der Waals surface area contributed by atoms with Crippen LogP contribution in [0.2, 0.25) is 0 Å². The van der Waals surface area contributed by atoms with Gasteiger partial charge in [-0.05, 0) is 30.3 Å². The second-order valence-corrected chi connectivity index (χ2v) is 4.97. The molecule has 0 saturated carbocycles. The standard InChI is InChI=1S/C18H17N3O4/c1-20-18(23)13-4-3-5-14(9-13)21-17(22)11-25-15-7-6-12(10-19)8-16(15)24-2/h3-9H,11H2,1-2H3,(H,20,23)(H,21,22). The van der Waals surface area contributed by atoms with Crippen molar-refractivity contribution in [3.05, 3.63) is 53.6 Å². The van der Waals surface area contributed by atoms with Crippen molar-refractivity contribution in [2.45, 2.75) is 0 Å². The van der Waals surface area contributed by atoms with Crippen molar-refractivity contribution in [1.82, 2.24) is 5.32 Å². The van der Waals surface area contributed by atoms with Gasteiger partial charge in [-0.1, -0.05) is 6.07 Å². The van der Waals surface area contributed by atoms with Crippen LogP contribution in [0.25, 0.3) is 0 Å². The van der Waals surface area contributed by atoms with E-state index >= 15 is 0 Å². The first-order chi connectivity index (χ1) is 12.1. The minimum Gasteiger partial charge on any atom is -0.493 e. The first kappa shape index (κ1) is 17.8. The van der Waals surface area contributed by atoms with Crippen LogP contribution >= 0.6 is 0 Å². The number of benzene rings is 2. The molecule has 128 valence electrons. The van der Waals surface area contributed by atoms with Crippen LogP contribution in [0.4, 0.5) is 5.69 Å². The number of nitrogens with zero attached hydrogens (tertiary/aromatic N) is 1. The predicted molar refractivity (Wildman–Crippen MR) is 91.7 cm³/mol. The van der Waals surface area contributed by atoms with Crippen LogP contribution in [-0.4, -0.2) is 32.6 Å². The summed E-state index contributed by atoms with van der Waals surface area (Å²) in [5.74, 6) is 0.0966. The molecular weight excluding hydrogens is 322 g/mol. The molecule has 0 aliphatic heterocycles. The van der Waals surface area contributed by atoms with Gasteiger partial charge in [-0.15, -0.1) is 0 Å². The summed E-state index contributed by atoms with van der Waals surface area (Å²) in [5.41, 5.74) is 1.36. The van der Waals surface area contributed by atoms with E-state index in [2.05, 4.69) is 10.6 Å². The van der Waals surface area contributed by atoms with Crippen molar-refractivity contribution in [3.63, 3.8) is 0 Å². The van der Waals surface area contributed by atoms with E-state index in [4.69, 9.17) is 14.7 Å². The number of amides is 2. The lowest BCUT2D eigenvalue weighted by atomic mass is 10.2. The summed E-state index contributed by atoms with van der Waals surface area (Å²) in [5, 5.41) is 14.0. The Labute approximate surface area is 145 Å². The number of ether oxygens (including phenoxy) is 2. The highest BCUT2D eigenvalue weighted by atomic mass is 16.5. The van der Waals surface area contributed by atoms with Crippen LogP contribution in [0.15, 0.2) is 42.5 Å². The van der Waals surface area contributed by atoms with E-state index in [1.54, 1.807) is 36.4 Å². The maximum absolute atomic E-state index is 12.0. The van der Waals surface area contributed by atoms with Gasteiger partial charge in [-0.3, -0.25) is 9.59 Å². The summed E-state index contributed by atoms with van der Waals surface area (Å²) >= 11 is 0. The zero-order chi connectivity index (χ0) is 18.2. The van der Waals surface area contributed by atoms with Crippen molar-refractivity contribution in [3.8, 4) is 17.6 Å². The van der Waals surface area contributed by atoms with Gasteiger partial charge in [0.25, 0.3) is 11.8 Å². The number of carbonyl (C=O) groups excluding carboxylic acids is 2. The molecule has 7 heteroatoms. The fourth-order valence-electron chi connectivity index (χ4n) is 2.08. The molecule has 2 N–H and O–H groups in total. The molecule has 0 fully saturated rings. The zero-order valence-corrected chi connectivity index (χ0v) is 13.8. The Morgan fingerprint density at radius 3 is 2.64 bits per heavy atom. The molecule has 2 aromatic rings. The van der Waals surface area contributed by atoms with E-state index in [0.717, 1.165) is 0 Å². The molecule has 0 bridgehead atoms. The summed E-state index contributed by atoms with van der Waals surface area (Å²) in [7, 11) is 2.99. The third-order valence-electron chi connectivity index (χ3n) is 3.29. The van der Waals surface area contributed by atoms with E-state index < -0.39 is 0 Å². The monoisotopic (exact) mass is 339 g/mol. The summed E-state index contributed by atoms with van der Waals surface area (Å²) in [4.78, 5) is 23.6. The highest BCUT2D eigenvalue weighted by Crippen LogP contribution is 2.27. The van der Waals surface area contributed by atoms with Crippen LogP contribution in [-0.2, 0) is 4.79 Å². The number of hydrogen-bond donors (Lipinski definition) is 2. The molecule has 7 nitrogen and oxygen atoms in total. The van der Waals surface area contributed by atoms with Crippen LogP contribution in [0.5, 0.6) is 11.5 Å². The van der Waals surface area contributed by atoms with Crippen LogP contribution in [0.1, 0.15) is 15.9 Å². The van der Waals surface area contributed by atoms with Crippen molar-refractivity contribution in [2.75, 3.05) is 26.1 Å². The summed E-state index contributed by atoms with van der Waals surface area (Å²) in [6.07, 6.45) is 0. The number of anilines is 1. The van der Waals surface area contributed by atoms with E-state index in [1.807, 2.05) is 6.07 Å². The number of methoxy groups -OCH3 is 1. The maximum Gasteiger partial charge on any atom is 0.262 e. The van der Waals surface area contributed by atoms with E-state index in [-0.39, 0.29) is 18.4 Å². The highest BCUT2D eigenvalue weighted by molar-refractivity contribution is 5.97. The van der Waals surface area contributed by atoms with Crippen molar-refractivity contribution < 1.29 is 19.1 Å². The Bertz CT molecular complexity index is 827. The first-order valence-electron chi connectivity index (χ1n) is 7.40. The second-order valence-electron chi connectivity index (χ2n) is 4.97. The zero-order valence-electron chi connectivity index (χ0n) is 13.8. The number of nitrogens with one attached hydrogen (secondary N) is 2. The molecule has 0 aliphatic carbocycles. The molecule has 0 aliphatic rings. The minimum atomic E-state index is -0.388. The summed E-state index contributed by atoms with van der Waals surface area (Å²) in [6.45, 7) is -0.244. The average molecular weight is 339 g/mol. The van der Waals surface area contributed by atoms with Crippen LogP contribution < -0.4 is 20.1 Å². The average Bonchev–Trinajstić information content (AvgIpc) is 2.65.